The van der Waals surface area contributed by atoms with Crippen LogP contribution in [0.3, 0.4) is 0 Å². The monoisotopic (exact) mass is 430 g/mol. The number of anilines is 2. The molecule has 0 aliphatic carbocycles. The van der Waals surface area contributed by atoms with E-state index in [-0.39, 0.29) is 11.6 Å². The van der Waals surface area contributed by atoms with Crippen molar-refractivity contribution in [1.29, 1.82) is 0 Å². The molecule has 1 N–H and O–H groups in total. The highest BCUT2D eigenvalue weighted by Gasteiger charge is 2.40. The van der Waals surface area contributed by atoms with E-state index in [9.17, 15) is 9.59 Å². The number of imide groups is 1. The molecule has 0 spiro atoms. The molecule has 0 unspecified atom stereocenters. The molecule has 4 rings (SSSR count). The first-order valence-corrected chi connectivity index (χ1v) is 10.4. The van der Waals surface area contributed by atoms with E-state index in [4.69, 9.17) is 11.6 Å². The van der Waals surface area contributed by atoms with Crippen molar-refractivity contribution in [3.05, 3.63) is 99.2 Å². The maximum absolute atomic E-state index is 13.5. The lowest BCUT2D eigenvalue weighted by molar-refractivity contribution is -0.120. The number of nitrogens with zero attached hydrogens (tertiary/aromatic N) is 1. The Bertz CT molecular complexity index is 1240. The van der Waals surface area contributed by atoms with Crippen LogP contribution < -0.4 is 10.2 Å². The quantitative estimate of drug-likeness (QED) is 0.518. The lowest BCUT2D eigenvalue weighted by Crippen LogP contribution is -2.32. The number of amides is 2. The Morgan fingerprint density at radius 1 is 0.710 bits per heavy atom. The number of nitrogens with one attached hydrogen (secondary N) is 1. The van der Waals surface area contributed by atoms with Crippen LogP contribution in [0.15, 0.2) is 66.4 Å². The van der Waals surface area contributed by atoms with Gasteiger partial charge in [0.1, 0.15) is 5.70 Å². The second kappa shape index (κ2) is 8.05. The normalized spacial score (nSPS) is 13.9. The van der Waals surface area contributed by atoms with Gasteiger partial charge in [0.15, 0.2) is 0 Å². The third-order valence-electron chi connectivity index (χ3n) is 5.74. The molecule has 0 radical (unpaired) electrons. The van der Waals surface area contributed by atoms with E-state index in [2.05, 4.69) is 5.32 Å². The van der Waals surface area contributed by atoms with E-state index in [0.29, 0.717) is 21.8 Å². The van der Waals surface area contributed by atoms with Gasteiger partial charge in [-0.2, -0.15) is 0 Å². The van der Waals surface area contributed by atoms with Crippen LogP contribution in [0.2, 0.25) is 5.02 Å². The third kappa shape index (κ3) is 3.87. The van der Waals surface area contributed by atoms with Gasteiger partial charge in [-0.1, -0.05) is 35.9 Å². The fourth-order valence-corrected chi connectivity index (χ4v) is 3.72. The lowest BCUT2D eigenvalue weighted by atomic mass is 9.99. The summed E-state index contributed by atoms with van der Waals surface area (Å²) in [6.07, 6.45) is 0. The molecular formula is C26H23ClN2O2. The summed E-state index contributed by atoms with van der Waals surface area (Å²) in [6.45, 7) is 8.06. The largest absolute Gasteiger partial charge is 0.350 e. The zero-order chi connectivity index (χ0) is 22.3. The summed E-state index contributed by atoms with van der Waals surface area (Å²) < 4.78 is 0. The number of rotatable bonds is 4. The number of halogens is 1. The topological polar surface area (TPSA) is 49.4 Å². The van der Waals surface area contributed by atoms with E-state index in [0.717, 1.165) is 27.9 Å². The summed E-state index contributed by atoms with van der Waals surface area (Å²) in [5.41, 5.74) is 7.03. The Morgan fingerprint density at radius 2 is 1.32 bits per heavy atom. The minimum absolute atomic E-state index is 0.270. The van der Waals surface area contributed by atoms with Gasteiger partial charge in [-0.15, -0.1) is 0 Å². The number of aryl methyl sites for hydroxylation is 4. The molecule has 0 atom stereocenters. The minimum atomic E-state index is -0.390. The molecule has 4 nitrogen and oxygen atoms in total. The highest BCUT2D eigenvalue weighted by atomic mass is 35.5. The summed E-state index contributed by atoms with van der Waals surface area (Å²) in [5.74, 6) is -0.749. The van der Waals surface area contributed by atoms with Crippen LogP contribution in [0, 0.1) is 27.7 Å². The smallest absolute Gasteiger partial charge is 0.282 e. The summed E-state index contributed by atoms with van der Waals surface area (Å²) in [5, 5.41) is 3.76. The molecule has 31 heavy (non-hydrogen) atoms. The second-order valence-corrected chi connectivity index (χ2v) is 8.33. The molecule has 3 aromatic carbocycles. The molecule has 1 aliphatic heterocycles. The van der Waals surface area contributed by atoms with Gasteiger partial charge in [0.2, 0.25) is 0 Å². The SMILES string of the molecule is Cc1ccc(NC2=C(c3ccc(C)c(C)c3)C(=O)N(c3ccc(Cl)cc3)C2=O)cc1C. The van der Waals surface area contributed by atoms with Crippen molar-refractivity contribution in [2.75, 3.05) is 10.2 Å². The van der Waals surface area contributed by atoms with Gasteiger partial charge in [-0.25, -0.2) is 4.90 Å². The van der Waals surface area contributed by atoms with Crippen molar-refractivity contribution in [2.24, 2.45) is 0 Å². The molecule has 0 bridgehead atoms. The summed E-state index contributed by atoms with van der Waals surface area (Å²) in [7, 11) is 0. The minimum Gasteiger partial charge on any atom is -0.350 e. The first-order chi connectivity index (χ1) is 14.8. The zero-order valence-electron chi connectivity index (χ0n) is 17.9. The first-order valence-electron chi connectivity index (χ1n) is 10.1. The second-order valence-electron chi connectivity index (χ2n) is 7.90. The molecule has 1 aliphatic rings. The van der Waals surface area contributed by atoms with E-state index in [1.54, 1.807) is 24.3 Å². The van der Waals surface area contributed by atoms with Crippen LogP contribution >= 0.6 is 11.6 Å². The number of benzene rings is 3. The van der Waals surface area contributed by atoms with Gasteiger partial charge in [0.25, 0.3) is 11.8 Å². The average molecular weight is 431 g/mol. The van der Waals surface area contributed by atoms with Gasteiger partial charge in [-0.05, 0) is 91.9 Å². The van der Waals surface area contributed by atoms with Crippen LogP contribution in [-0.4, -0.2) is 11.8 Å². The molecule has 3 aromatic rings. The van der Waals surface area contributed by atoms with Gasteiger partial charge < -0.3 is 5.32 Å². The number of carbonyl (C=O) groups excluding carboxylic acids is 2. The number of carbonyl (C=O) groups is 2. The van der Waals surface area contributed by atoms with Gasteiger partial charge >= 0.3 is 0 Å². The molecule has 2 amide bonds. The predicted molar refractivity (Wildman–Crippen MR) is 126 cm³/mol. The van der Waals surface area contributed by atoms with Crippen LogP contribution in [-0.2, 0) is 9.59 Å². The maximum Gasteiger partial charge on any atom is 0.282 e. The van der Waals surface area contributed by atoms with Crippen molar-refractivity contribution in [2.45, 2.75) is 27.7 Å². The first kappa shape index (κ1) is 20.9. The van der Waals surface area contributed by atoms with E-state index >= 15 is 0 Å². The molecule has 156 valence electrons. The fraction of sp³-hybridized carbons (Fsp3) is 0.154. The predicted octanol–water partition coefficient (Wildman–Crippen LogP) is 5.97. The van der Waals surface area contributed by atoms with Crippen LogP contribution in [0.4, 0.5) is 11.4 Å². The van der Waals surface area contributed by atoms with Crippen LogP contribution in [0.25, 0.3) is 5.57 Å². The Morgan fingerprint density at radius 3 is 1.94 bits per heavy atom. The fourth-order valence-electron chi connectivity index (χ4n) is 3.60. The highest BCUT2D eigenvalue weighted by molar-refractivity contribution is 6.46. The Balaban J connectivity index is 1.84. The van der Waals surface area contributed by atoms with Gasteiger partial charge in [-0.3, -0.25) is 9.59 Å². The molecule has 1 heterocycles. The maximum atomic E-state index is 13.5. The van der Waals surface area contributed by atoms with Crippen molar-refractivity contribution in [3.63, 3.8) is 0 Å². The zero-order valence-corrected chi connectivity index (χ0v) is 18.7. The molecule has 0 saturated carbocycles. The molecule has 0 aromatic heterocycles. The molecular weight excluding hydrogens is 408 g/mol. The van der Waals surface area contributed by atoms with Crippen molar-refractivity contribution >= 4 is 40.4 Å². The average Bonchev–Trinajstić information content (AvgIpc) is 2.97. The van der Waals surface area contributed by atoms with Gasteiger partial charge in [0.05, 0.1) is 11.3 Å². The highest BCUT2D eigenvalue weighted by Crippen LogP contribution is 2.35. The molecule has 0 saturated heterocycles. The van der Waals surface area contributed by atoms with Crippen LogP contribution in [0.1, 0.15) is 27.8 Å². The summed E-state index contributed by atoms with van der Waals surface area (Å²) >= 11 is 6.00. The third-order valence-corrected chi connectivity index (χ3v) is 5.99. The van der Waals surface area contributed by atoms with Crippen LogP contribution in [0.5, 0.6) is 0 Å². The lowest BCUT2D eigenvalue weighted by Gasteiger charge is -2.15. The standard InChI is InChI=1S/C26H23ClN2O2/c1-15-5-7-19(13-17(15)3)23-24(28-21-10-6-16(2)18(4)14-21)26(31)29(25(23)30)22-11-8-20(27)9-12-22/h5-14,28H,1-4H3. The van der Waals surface area contributed by atoms with E-state index in [1.807, 2.05) is 64.1 Å². The van der Waals surface area contributed by atoms with Crippen molar-refractivity contribution in [3.8, 4) is 0 Å². The number of hydrogen-bond acceptors (Lipinski definition) is 3. The molecule has 5 heteroatoms. The Kier molecular flexibility index (Phi) is 5.42. The summed E-state index contributed by atoms with van der Waals surface area (Å²) in [6, 6.07) is 18.4. The van der Waals surface area contributed by atoms with E-state index in [1.165, 1.54) is 4.90 Å². The number of hydrogen-bond donors (Lipinski definition) is 1. The van der Waals surface area contributed by atoms with E-state index < -0.39 is 5.91 Å². The Hall–Kier alpha value is -3.37. The van der Waals surface area contributed by atoms with Crippen molar-refractivity contribution in [1.82, 2.24) is 0 Å². The van der Waals surface area contributed by atoms with Gasteiger partial charge in [0, 0.05) is 10.7 Å². The molecule has 0 fully saturated rings. The summed E-state index contributed by atoms with van der Waals surface area (Å²) in [4.78, 5) is 28.1. The Labute approximate surface area is 187 Å². The van der Waals surface area contributed by atoms with Crippen molar-refractivity contribution < 1.29 is 9.59 Å².